The largest absolute Gasteiger partial charge is 0.416 e. The molecular weight excluding hydrogens is 234 g/mol. The lowest BCUT2D eigenvalue weighted by Crippen LogP contribution is -2.09. The second kappa shape index (κ2) is 5.38. The Morgan fingerprint density at radius 2 is 1.88 bits per heavy atom. The van der Waals surface area contributed by atoms with Crippen molar-refractivity contribution in [1.29, 1.82) is 0 Å². The van der Waals surface area contributed by atoms with Crippen molar-refractivity contribution in [2.45, 2.75) is 26.4 Å². The third-order valence-corrected chi connectivity index (χ3v) is 2.33. The van der Waals surface area contributed by atoms with E-state index in [-0.39, 0.29) is 5.69 Å². The van der Waals surface area contributed by atoms with Gasteiger partial charge in [0.05, 0.1) is 11.3 Å². The summed E-state index contributed by atoms with van der Waals surface area (Å²) in [5, 5.41) is 2.78. The second-order valence-electron chi connectivity index (χ2n) is 4.30. The maximum absolute atomic E-state index is 13.3. The van der Waals surface area contributed by atoms with E-state index in [0.29, 0.717) is 18.5 Å². The van der Waals surface area contributed by atoms with Crippen LogP contribution in [0.2, 0.25) is 0 Å². The Morgan fingerprint density at radius 3 is 2.35 bits per heavy atom. The van der Waals surface area contributed by atoms with E-state index in [0.717, 1.165) is 18.6 Å². The molecule has 0 saturated carbocycles. The standard InChI is InChI=1S/C12H15F4N/c1-8(2)5-6-17-11-4-3-9(7-10(11)13)12(14,15)16/h3-4,7-8,17H,5-6H2,1-2H3. The number of alkyl halides is 3. The molecule has 0 aromatic heterocycles. The van der Waals surface area contributed by atoms with Crippen LogP contribution in [0.5, 0.6) is 0 Å². The first-order valence-corrected chi connectivity index (χ1v) is 5.41. The Bertz CT molecular complexity index is 371. The van der Waals surface area contributed by atoms with E-state index >= 15 is 0 Å². The third-order valence-electron chi connectivity index (χ3n) is 2.33. The van der Waals surface area contributed by atoms with Gasteiger partial charge >= 0.3 is 6.18 Å². The number of nitrogens with one attached hydrogen (secondary N) is 1. The molecule has 0 radical (unpaired) electrons. The Kier molecular flexibility index (Phi) is 4.37. The van der Waals surface area contributed by atoms with Gasteiger partial charge in [-0.2, -0.15) is 13.2 Å². The van der Waals surface area contributed by atoms with E-state index in [2.05, 4.69) is 5.32 Å². The van der Waals surface area contributed by atoms with E-state index in [1.54, 1.807) is 0 Å². The molecule has 17 heavy (non-hydrogen) atoms. The fourth-order valence-electron chi connectivity index (χ4n) is 1.33. The van der Waals surface area contributed by atoms with Crippen molar-refractivity contribution in [3.63, 3.8) is 0 Å². The Morgan fingerprint density at radius 1 is 1.24 bits per heavy atom. The predicted molar refractivity (Wildman–Crippen MR) is 59.3 cm³/mol. The first kappa shape index (κ1) is 13.8. The minimum absolute atomic E-state index is 0.110. The average molecular weight is 249 g/mol. The SMILES string of the molecule is CC(C)CCNc1ccc(C(F)(F)F)cc1F. The molecule has 96 valence electrons. The van der Waals surface area contributed by atoms with Crippen molar-refractivity contribution in [2.75, 3.05) is 11.9 Å². The summed E-state index contributed by atoms with van der Waals surface area (Å²) in [5.41, 5.74) is -0.858. The van der Waals surface area contributed by atoms with Crippen LogP contribution in [0.15, 0.2) is 18.2 Å². The summed E-state index contributed by atoms with van der Waals surface area (Å²) in [6.07, 6.45) is -3.67. The molecule has 1 aromatic carbocycles. The molecule has 0 amide bonds. The van der Waals surface area contributed by atoms with Crippen LogP contribution < -0.4 is 5.32 Å². The lowest BCUT2D eigenvalue weighted by atomic mass is 10.1. The van der Waals surface area contributed by atoms with Crippen LogP contribution in [0.3, 0.4) is 0 Å². The van der Waals surface area contributed by atoms with Crippen LogP contribution in [0.25, 0.3) is 0 Å². The Balaban J connectivity index is 2.70. The van der Waals surface area contributed by atoms with Crippen LogP contribution in [-0.2, 0) is 6.18 Å². The molecule has 1 nitrogen and oxygen atoms in total. The monoisotopic (exact) mass is 249 g/mol. The summed E-state index contributed by atoms with van der Waals surface area (Å²) in [6.45, 7) is 4.58. The fraction of sp³-hybridized carbons (Fsp3) is 0.500. The van der Waals surface area contributed by atoms with Gasteiger partial charge in [0.2, 0.25) is 0 Å². The third kappa shape index (κ3) is 4.24. The number of halogens is 4. The van der Waals surface area contributed by atoms with E-state index < -0.39 is 17.6 Å². The quantitative estimate of drug-likeness (QED) is 0.784. The van der Waals surface area contributed by atoms with E-state index in [1.807, 2.05) is 13.8 Å². The Labute approximate surface area is 97.8 Å². The molecule has 0 atom stereocenters. The lowest BCUT2D eigenvalue weighted by Gasteiger charge is -2.11. The maximum Gasteiger partial charge on any atom is 0.416 e. The van der Waals surface area contributed by atoms with Crippen molar-refractivity contribution >= 4 is 5.69 Å². The normalized spacial score (nSPS) is 11.9. The zero-order chi connectivity index (χ0) is 13.1. The van der Waals surface area contributed by atoms with Crippen molar-refractivity contribution < 1.29 is 17.6 Å². The van der Waals surface area contributed by atoms with Crippen LogP contribution in [0, 0.1) is 11.7 Å². The molecule has 0 spiro atoms. The molecule has 0 saturated heterocycles. The molecule has 0 unspecified atom stereocenters. The summed E-state index contributed by atoms with van der Waals surface area (Å²) in [7, 11) is 0. The second-order valence-corrected chi connectivity index (χ2v) is 4.30. The van der Waals surface area contributed by atoms with Gasteiger partial charge in [0.25, 0.3) is 0 Å². The van der Waals surface area contributed by atoms with Gasteiger partial charge in [0.1, 0.15) is 5.82 Å². The zero-order valence-corrected chi connectivity index (χ0v) is 9.74. The molecule has 0 aliphatic carbocycles. The lowest BCUT2D eigenvalue weighted by molar-refractivity contribution is -0.137. The first-order chi connectivity index (χ1) is 7.80. The molecule has 0 aliphatic rings. The Hall–Kier alpha value is -1.26. The van der Waals surface area contributed by atoms with Crippen molar-refractivity contribution in [3.8, 4) is 0 Å². The molecule has 1 N–H and O–H groups in total. The molecule has 1 rings (SSSR count). The molecule has 5 heteroatoms. The number of hydrogen-bond acceptors (Lipinski definition) is 1. The van der Waals surface area contributed by atoms with E-state index in [4.69, 9.17) is 0 Å². The van der Waals surface area contributed by atoms with Gasteiger partial charge < -0.3 is 5.32 Å². The van der Waals surface area contributed by atoms with Crippen LogP contribution in [0.1, 0.15) is 25.8 Å². The number of hydrogen-bond donors (Lipinski definition) is 1. The smallest absolute Gasteiger partial charge is 0.383 e. The molecule has 0 bridgehead atoms. The van der Waals surface area contributed by atoms with E-state index in [9.17, 15) is 17.6 Å². The minimum atomic E-state index is -4.50. The fourth-order valence-corrected chi connectivity index (χ4v) is 1.33. The highest BCUT2D eigenvalue weighted by Crippen LogP contribution is 2.31. The number of rotatable bonds is 4. The highest BCUT2D eigenvalue weighted by Gasteiger charge is 2.31. The summed E-state index contributed by atoms with van der Waals surface area (Å²) < 4.78 is 50.2. The topological polar surface area (TPSA) is 12.0 Å². The summed E-state index contributed by atoms with van der Waals surface area (Å²) >= 11 is 0. The average Bonchev–Trinajstić information content (AvgIpc) is 2.18. The van der Waals surface area contributed by atoms with Gasteiger partial charge in [0.15, 0.2) is 0 Å². The van der Waals surface area contributed by atoms with Gasteiger partial charge in [-0.05, 0) is 30.5 Å². The van der Waals surface area contributed by atoms with Gasteiger partial charge in [0, 0.05) is 6.54 Å². The highest BCUT2D eigenvalue weighted by atomic mass is 19.4. The van der Waals surface area contributed by atoms with Crippen molar-refractivity contribution in [3.05, 3.63) is 29.6 Å². The van der Waals surface area contributed by atoms with E-state index in [1.165, 1.54) is 0 Å². The van der Waals surface area contributed by atoms with Crippen LogP contribution in [0.4, 0.5) is 23.2 Å². The molecule has 1 aromatic rings. The molecule has 0 fully saturated rings. The zero-order valence-electron chi connectivity index (χ0n) is 9.74. The number of anilines is 1. The van der Waals surface area contributed by atoms with Crippen molar-refractivity contribution in [2.24, 2.45) is 5.92 Å². The van der Waals surface area contributed by atoms with Crippen LogP contribution >= 0.6 is 0 Å². The maximum atomic E-state index is 13.3. The molecular formula is C12H15F4N. The molecule has 0 heterocycles. The molecule has 0 aliphatic heterocycles. The number of benzene rings is 1. The highest BCUT2D eigenvalue weighted by molar-refractivity contribution is 5.46. The summed E-state index contributed by atoms with van der Waals surface area (Å²) in [5.74, 6) is -0.413. The minimum Gasteiger partial charge on any atom is -0.383 e. The van der Waals surface area contributed by atoms with Gasteiger partial charge in [-0.3, -0.25) is 0 Å². The van der Waals surface area contributed by atoms with Gasteiger partial charge in [-0.15, -0.1) is 0 Å². The van der Waals surface area contributed by atoms with Gasteiger partial charge in [-0.1, -0.05) is 13.8 Å². The first-order valence-electron chi connectivity index (χ1n) is 5.41. The van der Waals surface area contributed by atoms with Gasteiger partial charge in [-0.25, -0.2) is 4.39 Å². The summed E-state index contributed by atoms with van der Waals surface area (Å²) in [4.78, 5) is 0. The van der Waals surface area contributed by atoms with Crippen molar-refractivity contribution in [1.82, 2.24) is 0 Å². The predicted octanol–water partition coefficient (Wildman–Crippen LogP) is 4.30. The summed E-state index contributed by atoms with van der Waals surface area (Å²) in [6, 6.07) is 2.51. The van der Waals surface area contributed by atoms with Crippen LogP contribution in [-0.4, -0.2) is 6.54 Å².